The van der Waals surface area contributed by atoms with Crippen molar-refractivity contribution in [3.8, 4) is 17.2 Å². The van der Waals surface area contributed by atoms with Gasteiger partial charge >= 0.3 is 0 Å². The molecular formula is C21H22N4O4. The summed E-state index contributed by atoms with van der Waals surface area (Å²) in [7, 11) is 4.69. The zero-order valence-corrected chi connectivity index (χ0v) is 16.6. The topological polar surface area (TPSA) is 94.6 Å². The molecule has 0 saturated heterocycles. The number of hydrogen-bond donors (Lipinski definition) is 2. The van der Waals surface area contributed by atoms with Gasteiger partial charge in [0.05, 0.1) is 27.0 Å². The summed E-state index contributed by atoms with van der Waals surface area (Å²) in [4.78, 5) is 12.5. The number of carbonyl (C=O) groups excluding carboxylic acids is 1. The maximum absolute atomic E-state index is 12.5. The highest BCUT2D eigenvalue weighted by atomic mass is 16.5. The molecule has 1 aromatic heterocycles. The molecule has 8 heteroatoms. The molecule has 2 N–H and O–H groups in total. The first kappa shape index (κ1) is 19.9. The summed E-state index contributed by atoms with van der Waals surface area (Å²) in [6, 6.07) is 14.2. The third-order valence-corrected chi connectivity index (χ3v) is 4.16. The van der Waals surface area contributed by atoms with E-state index in [1.807, 2.05) is 25.1 Å². The summed E-state index contributed by atoms with van der Waals surface area (Å²) in [5.41, 5.74) is 2.51. The third-order valence-electron chi connectivity index (χ3n) is 4.16. The lowest BCUT2D eigenvalue weighted by molar-refractivity contribution is 0.102. The quantitative estimate of drug-likeness (QED) is 0.629. The predicted octanol–water partition coefficient (Wildman–Crippen LogP) is 3.81. The van der Waals surface area contributed by atoms with E-state index in [1.165, 1.54) is 0 Å². The molecule has 0 aliphatic carbocycles. The fraction of sp³-hybridized carbons (Fsp3) is 0.190. The highest BCUT2D eigenvalue weighted by Gasteiger charge is 2.12. The minimum atomic E-state index is -0.376. The molecule has 0 atom stereocenters. The summed E-state index contributed by atoms with van der Waals surface area (Å²) >= 11 is 0. The number of amides is 1. The maximum atomic E-state index is 12.5. The fourth-order valence-electron chi connectivity index (χ4n) is 2.69. The Labute approximate surface area is 168 Å². The van der Waals surface area contributed by atoms with E-state index in [9.17, 15) is 4.79 Å². The van der Waals surface area contributed by atoms with E-state index in [-0.39, 0.29) is 11.6 Å². The van der Waals surface area contributed by atoms with Gasteiger partial charge in [-0.3, -0.25) is 4.79 Å². The molecule has 1 heterocycles. The van der Waals surface area contributed by atoms with Crippen molar-refractivity contribution in [3.05, 3.63) is 59.8 Å². The Kier molecular flexibility index (Phi) is 6.13. The van der Waals surface area contributed by atoms with Gasteiger partial charge < -0.3 is 24.8 Å². The first-order chi connectivity index (χ1) is 14.0. The van der Waals surface area contributed by atoms with Gasteiger partial charge in [-0.1, -0.05) is 6.07 Å². The van der Waals surface area contributed by atoms with E-state index in [4.69, 9.17) is 14.2 Å². The molecule has 3 aromatic rings. The van der Waals surface area contributed by atoms with E-state index in [0.717, 1.165) is 11.3 Å². The van der Waals surface area contributed by atoms with Crippen molar-refractivity contribution in [2.75, 3.05) is 32.0 Å². The van der Waals surface area contributed by atoms with Crippen LogP contribution in [0.15, 0.2) is 48.5 Å². The number of methoxy groups -OCH3 is 3. The van der Waals surface area contributed by atoms with Gasteiger partial charge in [-0.05, 0) is 48.9 Å². The van der Waals surface area contributed by atoms with Crippen molar-refractivity contribution in [2.45, 2.75) is 6.92 Å². The largest absolute Gasteiger partial charge is 0.495 e. The van der Waals surface area contributed by atoms with Gasteiger partial charge in [0, 0.05) is 11.8 Å². The van der Waals surface area contributed by atoms with Crippen molar-refractivity contribution in [3.63, 3.8) is 0 Å². The Morgan fingerprint density at radius 1 is 0.828 bits per heavy atom. The molecular weight excluding hydrogens is 372 g/mol. The SMILES string of the molecule is COc1ccc(C)cc1NC(=O)c1ccc(Nc2ccc(OC)c(OC)c2)nn1. The number of carbonyl (C=O) groups is 1. The molecule has 1 amide bonds. The molecule has 0 saturated carbocycles. The molecule has 0 bridgehead atoms. The Hall–Kier alpha value is -3.81. The Morgan fingerprint density at radius 2 is 1.55 bits per heavy atom. The number of rotatable bonds is 7. The molecule has 29 heavy (non-hydrogen) atoms. The van der Waals surface area contributed by atoms with Crippen LogP contribution in [0.5, 0.6) is 17.2 Å². The normalized spacial score (nSPS) is 10.2. The molecule has 0 spiro atoms. The highest BCUT2D eigenvalue weighted by molar-refractivity contribution is 6.03. The van der Waals surface area contributed by atoms with Gasteiger partial charge in [0.2, 0.25) is 0 Å². The van der Waals surface area contributed by atoms with Crippen LogP contribution in [0.3, 0.4) is 0 Å². The van der Waals surface area contributed by atoms with Crippen molar-refractivity contribution in [1.29, 1.82) is 0 Å². The molecule has 0 fully saturated rings. The fourth-order valence-corrected chi connectivity index (χ4v) is 2.69. The highest BCUT2D eigenvalue weighted by Crippen LogP contribution is 2.30. The number of anilines is 3. The average molecular weight is 394 g/mol. The Balaban J connectivity index is 1.72. The molecule has 0 radical (unpaired) electrons. The van der Waals surface area contributed by atoms with Gasteiger partial charge in [-0.25, -0.2) is 0 Å². The van der Waals surface area contributed by atoms with E-state index >= 15 is 0 Å². The zero-order valence-electron chi connectivity index (χ0n) is 16.6. The van der Waals surface area contributed by atoms with E-state index in [1.54, 1.807) is 51.7 Å². The predicted molar refractivity (Wildman–Crippen MR) is 111 cm³/mol. The number of nitrogens with zero attached hydrogens (tertiary/aromatic N) is 2. The standard InChI is InChI=1S/C21H22N4O4/c1-13-5-8-17(27-2)16(11-13)23-21(26)15-7-10-20(25-24-15)22-14-6-9-18(28-3)19(12-14)29-4/h5-12H,1-4H3,(H,22,25)(H,23,26). The summed E-state index contributed by atoms with van der Waals surface area (Å²) in [5, 5.41) is 14.0. The van der Waals surface area contributed by atoms with Crippen LogP contribution in [0.2, 0.25) is 0 Å². The van der Waals surface area contributed by atoms with Gasteiger partial charge in [-0.2, -0.15) is 0 Å². The first-order valence-corrected chi connectivity index (χ1v) is 8.83. The second kappa shape index (κ2) is 8.92. The smallest absolute Gasteiger partial charge is 0.276 e. The van der Waals surface area contributed by atoms with Crippen LogP contribution in [-0.2, 0) is 0 Å². The number of ether oxygens (including phenoxy) is 3. The van der Waals surface area contributed by atoms with E-state index in [2.05, 4.69) is 20.8 Å². The van der Waals surface area contributed by atoms with Crippen LogP contribution in [0.25, 0.3) is 0 Å². The minimum absolute atomic E-state index is 0.187. The van der Waals surface area contributed by atoms with Crippen LogP contribution in [0.1, 0.15) is 16.1 Å². The lowest BCUT2D eigenvalue weighted by Crippen LogP contribution is -2.15. The average Bonchev–Trinajstić information content (AvgIpc) is 2.74. The molecule has 0 unspecified atom stereocenters. The summed E-state index contributed by atoms with van der Waals surface area (Å²) in [6.07, 6.45) is 0. The molecule has 2 aromatic carbocycles. The summed E-state index contributed by atoms with van der Waals surface area (Å²) in [5.74, 6) is 1.90. The first-order valence-electron chi connectivity index (χ1n) is 8.83. The van der Waals surface area contributed by atoms with Crippen molar-refractivity contribution in [1.82, 2.24) is 10.2 Å². The van der Waals surface area contributed by atoms with Crippen LogP contribution >= 0.6 is 0 Å². The Bertz CT molecular complexity index is 1010. The van der Waals surface area contributed by atoms with Crippen LogP contribution < -0.4 is 24.8 Å². The summed E-state index contributed by atoms with van der Waals surface area (Å²) in [6.45, 7) is 1.93. The van der Waals surface area contributed by atoms with Crippen LogP contribution in [0, 0.1) is 6.92 Å². The molecule has 0 aliphatic heterocycles. The Morgan fingerprint density at radius 3 is 2.21 bits per heavy atom. The minimum Gasteiger partial charge on any atom is -0.495 e. The maximum Gasteiger partial charge on any atom is 0.276 e. The second-order valence-corrected chi connectivity index (χ2v) is 6.16. The molecule has 8 nitrogen and oxygen atoms in total. The summed E-state index contributed by atoms with van der Waals surface area (Å²) < 4.78 is 15.8. The van der Waals surface area contributed by atoms with Gasteiger partial charge in [0.25, 0.3) is 5.91 Å². The lowest BCUT2D eigenvalue weighted by atomic mass is 10.2. The molecule has 0 aliphatic rings. The van der Waals surface area contributed by atoms with Gasteiger partial charge in [-0.15, -0.1) is 10.2 Å². The van der Waals surface area contributed by atoms with E-state index in [0.29, 0.717) is 28.8 Å². The molecule has 3 rings (SSSR count). The van der Waals surface area contributed by atoms with Crippen molar-refractivity contribution >= 4 is 23.1 Å². The van der Waals surface area contributed by atoms with Crippen LogP contribution in [0.4, 0.5) is 17.2 Å². The van der Waals surface area contributed by atoms with E-state index < -0.39 is 0 Å². The number of benzene rings is 2. The lowest BCUT2D eigenvalue weighted by Gasteiger charge is -2.11. The second-order valence-electron chi connectivity index (χ2n) is 6.16. The van der Waals surface area contributed by atoms with Crippen molar-refractivity contribution < 1.29 is 19.0 Å². The van der Waals surface area contributed by atoms with Gasteiger partial charge in [0.1, 0.15) is 5.75 Å². The van der Waals surface area contributed by atoms with Crippen LogP contribution in [-0.4, -0.2) is 37.4 Å². The number of hydrogen-bond acceptors (Lipinski definition) is 7. The molecule has 150 valence electrons. The van der Waals surface area contributed by atoms with Gasteiger partial charge in [0.15, 0.2) is 23.0 Å². The zero-order chi connectivity index (χ0) is 20.8. The number of nitrogens with one attached hydrogen (secondary N) is 2. The van der Waals surface area contributed by atoms with Crippen molar-refractivity contribution in [2.24, 2.45) is 0 Å². The monoisotopic (exact) mass is 394 g/mol. The number of aryl methyl sites for hydroxylation is 1. The third kappa shape index (κ3) is 4.73. The number of aromatic nitrogens is 2.